The van der Waals surface area contributed by atoms with Gasteiger partial charge in [0.05, 0.1) is 17.5 Å². The highest BCUT2D eigenvalue weighted by molar-refractivity contribution is 6.16. The van der Waals surface area contributed by atoms with E-state index in [4.69, 9.17) is 4.74 Å². The fourth-order valence-corrected chi connectivity index (χ4v) is 4.93. The SMILES string of the molecule is Cc1cccc2c1CC(=O)[C@@H](NC(=O)[C@H](CCC(F)(F)F)[C@H](CCC(F)(F)F)C(=O)OC(C)(C)C)N=C2c1cccc(F)c1. The third-order valence-electron chi connectivity index (χ3n) is 6.97. The lowest BCUT2D eigenvalue weighted by Gasteiger charge is -2.30. The molecule has 2 aromatic carbocycles. The van der Waals surface area contributed by atoms with Gasteiger partial charge >= 0.3 is 18.3 Å². The Labute approximate surface area is 250 Å². The maximum atomic E-state index is 14.2. The molecule has 0 radical (unpaired) electrons. The van der Waals surface area contributed by atoms with Gasteiger partial charge in [-0.25, -0.2) is 4.39 Å². The van der Waals surface area contributed by atoms with Crippen molar-refractivity contribution < 1.29 is 49.9 Å². The lowest BCUT2D eigenvalue weighted by Crippen LogP contribution is -2.47. The van der Waals surface area contributed by atoms with Crippen LogP contribution in [0.2, 0.25) is 0 Å². The van der Waals surface area contributed by atoms with E-state index in [2.05, 4.69) is 10.3 Å². The molecule has 0 saturated heterocycles. The van der Waals surface area contributed by atoms with Gasteiger partial charge < -0.3 is 10.1 Å². The second kappa shape index (κ2) is 13.5. The first-order valence-electron chi connectivity index (χ1n) is 13.9. The number of nitrogens with one attached hydrogen (secondary N) is 1. The molecular formula is C31H33F7N2O4. The maximum absolute atomic E-state index is 14.2. The first-order valence-corrected chi connectivity index (χ1v) is 13.9. The summed E-state index contributed by atoms with van der Waals surface area (Å²) in [5.41, 5.74) is 0.827. The van der Waals surface area contributed by atoms with Gasteiger partial charge in [0.1, 0.15) is 11.4 Å². The summed E-state index contributed by atoms with van der Waals surface area (Å²) in [6, 6.07) is 10.3. The summed E-state index contributed by atoms with van der Waals surface area (Å²) in [7, 11) is 0. The van der Waals surface area contributed by atoms with Crippen LogP contribution in [-0.2, 0) is 25.5 Å². The van der Waals surface area contributed by atoms with Crippen molar-refractivity contribution in [2.75, 3.05) is 0 Å². The number of carbonyl (C=O) groups excluding carboxylic acids is 3. The standard InChI is InChI=1S/C31H33F7N2O4/c1-17-7-5-10-20-23(17)16-24(41)26(39-25(20)18-8-6-9-19(32)15-18)40-27(42)21(11-13-30(33,34)35)22(12-14-31(36,37)38)28(43)44-29(2,3)4/h5-10,15,21-22,26H,11-14,16H2,1-4H3,(H,40,42)/t21-,22+,26-/m1/s1. The van der Waals surface area contributed by atoms with Gasteiger partial charge in [-0.05, 0) is 63.8 Å². The van der Waals surface area contributed by atoms with Crippen LogP contribution in [-0.4, -0.2) is 47.5 Å². The summed E-state index contributed by atoms with van der Waals surface area (Å²) in [5, 5.41) is 2.28. The van der Waals surface area contributed by atoms with Crippen molar-refractivity contribution in [3.8, 4) is 0 Å². The Balaban J connectivity index is 2.06. The number of hydrogen-bond acceptors (Lipinski definition) is 5. The number of hydrogen-bond donors (Lipinski definition) is 1. The fourth-order valence-electron chi connectivity index (χ4n) is 4.93. The van der Waals surface area contributed by atoms with Crippen LogP contribution in [0, 0.1) is 24.6 Å². The molecule has 1 heterocycles. The molecule has 0 unspecified atom stereocenters. The Bertz CT molecular complexity index is 1410. The molecule has 3 rings (SSSR count). The minimum absolute atomic E-state index is 0.118. The average Bonchev–Trinajstić information content (AvgIpc) is 3.00. The van der Waals surface area contributed by atoms with E-state index in [0.717, 1.165) is 6.07 Å². The molecule has 1 aliphatic heterocycles. The minimum atomic E-state index is -4.80. The van der Waals surface area contributed by atoms with E-state index in [1.165, 1.54) is 39.0 Å². The zero-order chi connectivity index (χ0) is 33.0. The molecule has 240 valence electrons. The van der Waals surface area contributed by atoms with Crippen molar-refractivity contribution >= 4 is 23.4 Å². The average molecular weight is 631 g/mol. The zero-order valence-corrected chi connectivity index (χ0v) is 24.5. The Kier molecular flexibility index (Phi) is 10.6. The first kappa shape index (κ1) is 34.7. The summed E-state index contributed by atoms with van der Waals surface area (Å²) in [4.78, 5) is 44.4. The van der Waals surface area contributed by atoms with Gasteiger partial charge in [-0.2, -0.15) is 26.3 Å². The number of alkyl halides is 6. The smallest absolute Gasteiger partial charge is 0.389 e. The van der Waals surface area contributed by atoms with Crippen LogP contribution in [0.3, 0.4) is 0 Å². The molecule has 0 bridgehead atoms. The number of benzene rings is 2. The molecule has 13 heteroatoms. The molecule has 3 atom stereocenters. The number of aryl methyl sites for hydroxylation is 1. The number of halogens is 7. The van der Waals surface area contributed by atoms with Crippen LogP contribution in [0.5, 0.6) is 0 Å². The largest absolute Gasteiger partial charge is 0.460 e. The molecule has 44 heavy (non-hydrogen) atoms. The van der Waals surface area contributed by atoms with Crippen LogP contribution in [0.1, 0.15) is 68.7 Å². The number of amides is 1. The molecule has 0 spiro atoms. The van der Waals surface area contributed by atoms with E-state index in [1.54, 1.807) is 25.1 Å². The molecule has 2 aromatic rings. The van der Waals surface area contributed by atoms with Gasteiger partial charge in [0.25, 0.3) is 0 Å². The highest BCUT2D eigenvalue weighted by atomic mass is 19.4. The second-order valence-corrected chi connectivity index (χ2v) is 11.7. The Morgan fingerprint density at radius 2 is 1.55 bits per heavy atom. The summed E-state index contributed by atoms with van der Waals surface area (Å²) in [5.74, 6) is -7.68. The van der Waals surface area contributed by atoms with E-state index < -0.39 is 85.1 Å². The predicted octanol–water partition coefficient (Wildman–Crippen LogP) is 6.80. The number of nitrogens with zero attached hydrogens (tertiary/aromatic N) is 1. The van der Waals surface area contributed by atoms with Crippen molar-refractivity contribution in [1.29, 1.82) is 0 Å². The number of Topliss-reactive ketones (excluding diaryl/α,β-unsaturated/α-hetero) is 1. The molecule has 0 aromatic heterocycles. The number of aliphatic imine (C=N–C) groups is 1. The summed E-state index contributed by atoms with van der Waals surface area (Å²) in [6.45, 7) is 5.99. The second-order valence-electron chi connectivity index (χ2n) is 11.7. The van der Waals surface area contributed by atoms with Crippen molar-refractivity contribution in [2.24, 2.45) is 16.8 Å². The van der Waals surface area contributed by atoms with Crippen LogP contribution in [0.15, 0.2) is 47.5 Å². The number of carbonyl (C=O) groups is 3. The monoisotopic (exact) mass is 630 g/mol. The van der Waals surface area contributed by atoms with E-state index >= 15 is 0 Å². The molecular weight excluding hydrogens is 597 g/mol. The van der Waals surface area contributed by atoms with E-state index in [9.17, 15) is 45.1 Å². The van der Waals surface area contributed by atoms with E-state index in [-0.39, 0.29) is 17.7 Å². The Morgan fingerprint density at radius 3 is 2.11 bits per heavy atom. The van der Waals surface area contributed by atoms with Gasteiger partial charge in [-0.3, -0.25) is 19.4 Å². The molecule has 0 saturated carbocycles. The highest BCUT2D eigenvalue weighted by Crippen LogP contribution is 2.34. The number of ketones is 1. The van der Waals surface area contributed by atoms with Crippen molar-refractivity contribution in [3.63, 3.8) is 0 Å². The van der Waals surface area contributed by atoms with Crippen molar-refractivity contribution in [2.45, 2.75) is 83.9 Å². The molecule has 0 aliphatic carbocycles. The van der Waals surface area contributed by atoms with Gasteiger partial charge in [0.2, 0.25) is 5.91 Å². The third-order valence-corrected chi connectivity index (χ3v) is 6.97. The van der Waals surface area contributed by atoms with Crippen LogP contribution >= 0.6 is 0 Å². The van der Waals surface area contributed by atoms with Gasteiger partial charge in [-0.1, -0.05) is 30.3 Å². The molecule has 1 N–H and O–H groups in total. The molecule has 1 amide bonds. The van der Waals surface area contributed by atoms with E-state index in [0.29, 0.717) is 16.7 Å². The summed E-state index contributed by atoms with van der Waals surface area (Å²) >= 11 is 0. The third kappa shape index (κ3) is 9.88. The van der Waals surface area contributed by atoms with Gasteiger partial charge in [0.15, 0.2) is 11.9 Å². The first-order chi connectivity index (χ1) is 20.2. The number of esters is 1. The highest BCUT2D eigenvalue weighted by Gasteiger charge is 2.42. The zero-order valence-electron chi connectivity index (χ0n) is 24.5. The molecule has 1 aliphatic rings. The van der Waals surface area contributed by atoms with Crippen molar-refractivity contribution in [3.05, 3.63) is 70.5 Å². The summed E-state index contributed by atoms with van der Waals surface area (Å²) < 4.78 is 98.9. The number of rotatable bonds is 9. The van der Waals surface area contributed by atoms with Gasteiger partial charge in [-0.15, -0.1) is 0 Å². The Morgan fingerprint density at radius 1 is 0.955 bits per heavy atom. The van der Waals surface area contributed by atoms with Crippen LogP contribution in [0.25, 0.3) is 0 Å². The lowest BCUT2D eigenvalue weighted by molar-refractivity contribution is -0.171. The lowest BCUT2D eigenvalue weighted by atomic mass is 9.83. The maximum Gasteiger partial charge on any atom is 0.389 e. The topological polar surface area (TPSA) is 84.8 Å². The fraction of sp³-hybridized carbons (Fsp3) is 0.484. The summed E-state index contributed by atoms with van der Waals surface area (Å²) in [6.07, 6.45) is -16.7. The number of ether oxygens (including phenoxy) is 1. The normalized spacial score (nSPS) is 17.2. The van der Waals surface area contributed by atoms with Crippen LogP contribution < -0.4 is 5.32 Å². The molecule has 0 fully saturated rings. The van der Waals surface area contributed by atoms with Crippen molar-refractivity contribution in [1.82, 2.24) is 5.32 Å². The Hall–Kier alpha value is -3.77. The van der Waals surface area contributed by atoms with Crippen LogP contribution in [0.4, 0.5) is 30.7 Å². The van der Waals surface area contributed by atoms with Gasteiger partial charge in [0, 0.05) is 30.4 Å². The number of fused-ring (bicyclic) bond motifs is 1. The molecule has 6 nitrogen and oxygen atoms in total. The van der Waals surface area contributed by atoms with E-state index in [1.807, 2.05) is 0 Å². The minimum Gasteiger partial charge on any atom is -0.460 e. The quantitative estimate of drug-likeness (QED) is 0.244. The predicted molar refractivity (Wildman–Crippen MR) is 147 cm³/mol.